The van der Waals surface area contributed by atoms with Crippen LogP contribution in [-0.2, 0) is 11.2 Å². The van der Waals surface area contributed by atoms with Crippen LogP contribution in [0, 0.1) is 0 Å². The van der Waals surface area contributed by atoms with Gasteiger partial charge in [-0.25, -0.2) is 4.98 Å². The Kier molecular flexibility index (Phi) is 5.69. The van der Waals surface area contributed by atoms with Gasteiger partial charge < -0.3 is 19.1 Å². The summed E-state index contributed by atoms with van der Waals surface area (Å²) in [6, 6.07) is 13.3. The Morgan fingerprint density at radius 1 is 1.14 bits per heavy atom. The number of aromatic nitrogens is 3. The van der Waals surface area contributed by atoms with Gasteiger partial charge in [0.15, 0.2) is 0 Å². The van der Waals surface area contributed by atoms with Crippen LogP contribution >= 0.6 is 0 Å². The number of benzene rings is 1. The van der Waals surface area contributed by atoms with Crippen molar-refractivity contribution in [1.29, 1.82) is 0 Å². The standard InChI is InChI=1S/C21H23N5O3/c1-28-17-6-4-5-16(15-17)21-23-19(29-24-21)8-9-20(27)26-13-11-25(12-14-26)18-7-2-3-10-22-18/h2-7,10,15H,8-9,11-14H2,1H3. The fourth-order valence-electron chi connectivity index (χ4n) is 3.33. The number of hydrogen-bond donors (Lipinski definition) is 0. The molecule has 0 saturated carbocycles. The number of carbonyl (C=O) groups is 1. The quantitative estimate of drug-likeness (QED) is 0.636. The molecule has 1 amide bonds. The molecule has 0 spiro atoms. The third-order valence-electron chi connectivity index (χ3n) is 4.95. The highest BCUT2D eigenvalue weighted by Gasteiger charge is 2.22. The lowest BCUT2D eigenvalue weighted by Gasteiger charge is -2.35. The molecule has 150 valence electrons. The number of pyridine rings is 1. The topological polar surface area (TPSA) is 84.6 Å². The van der Waals surface area contributed by atoms with E-state index in [1.165, 1.54) is 0 Å². The second kappa shape index (κ2) is 8.72. The lowest BCUT2D eigenvalue weighted by molar-refractivity contribution is -0.131. The molecule has 29 heavy (non-hydrogen) atoms. The van der Waals surface area contributed by atoms with Gasteiger partial charge in [0.05, 0.1) is 7.11 Å². The van der Waals surface area contributed by atoms with Gasteiger partial charge in [-0.05, 0) is 24.3 Å². The highest BCUT2D eigenvalue weighted by molar-refractivity contribution is 5.76. The molecule has 0 N–H and O–H groups in total. The van der Waals surface area contributed by atoms with E-state index in [1.807, 2.05) is 47.4 Å². The van der Waals surface area contributed by atoms with E-state index in [1.54, 1.807) is 13.3 Å². The molecule has 0 aliphatic carbocycles. The van der Waals surface area contributed by atoms with E-state index in [0.717, 1.165) is 30.2 Å². The lowest BCUT2D eigenvalue weighted by Crippen LogP contribution is -2.49. The van der Waals surface area contributed by atoms with E-state index in [9.17, 15) is 4.79 Å². The largest absolute Gasteiger partial charge is 0.497 e. The van der Waals surface area contributed by atoms with Crippen LogP contribution in [0.5, 0.6) is 5.75 Å². The van der Waals surface area contributed by atoms with E-state index in [4.69, 9.17) is 9.26 Å². The number of ether oxygens (including phenoxy) is 1. The molecular formula is C21H23N5O3. The Morgan fingerprint density at radius 2 is 2.00 bits per heavy atom. The van der Waals surface area contributed by atoms with Crippen molar-refractivity contribution in [2.45, 2.75) is 12.8 Å². The number of amides is 1. The third kappa shape index (κ3) is 4.53. The molecule has 0 unspecified atom stereocenters. The van der Waals surface area contributed by atoms with Gasteiger partial charge in [0.25, 0.3) is 0 Å². The van der Waals surface area contributed by atoms with Gasteiger partial charge >= 0.3 is 0 Å². The number of rotatable bonds is 6. The molecule has 1 aromatic carbocycles. The number of carbonyl (C=O) groups excluding carboxylic acids is 1. The number of anilines is 1. The highest BCUT2D eigenvalue weighted by atomic mass is 16.5. The summed E-state index contributed by atoms with van der Waals surface area (Å²) in [7, 11) is 1.61. The summed E-state index contributed by atoms with van der Waals surface area (Å²) in [5.74, 6) is 2.75. The van der Waals surface area contributed by atoms with E-state index in [0.29, 0.717) is 37.6 Å². The molecule has 0 atom stereocenters. The minimum atomic E-state index is 0.104. The number of aryl methyl sites for hydroxylation is 1. The van der Waals surface area contributed by atoms with Crippen molar-refractivity contribution in [2.75, 3.05) is 38.2 Å². The summed E-state index contributed by atoms with van der Waals surface area (Å²) in [6.07, 6.45) is 2.57. The van der Waals surface area contributed by atoms with Gasteiger partial charge in [-0.1, -0.05) is 23.4 Å². The number of nitrogens with zero attached hydrogens (tertiary/aromatic N) is 5. The minimum Gasteiger partial charge on any atom is -0.497 e. The van der Waals surface area contributed by atoms with Crippen molar-refractivity contribution in [1.82, 2.24) is 20.0 Å². The van der Waals surface area contributed by atoms with Gasteiger partial charge in [0.2, 0.25) is 17.6 Å². The first-order valence-corrected chi connectivity index (χ1v) is 9.64. The van der Waals surface area contributed by atoms with Gasteiger partial charge in [0, 0.05) is 50.8 Å². The average molecular weight is 393 g/mol. The summed E-state index contributed by atoms with van der Waals surface area (Å²) >= 11 is 0. The molecule has 0 bridgehead atoms. The van der Waals surface area contributed by atoms with E-state index in [-0.39, 0.29) is 5.91 Å². The summed E-state index contributed by atoms with van der Waals surface area (Å²) in [4.78, 5) is 25.4. The predicted octanol–water partition coefficient (Wildman–Crippen LogP) is 2.42. The summed E-state index contributed by atoms with van der Waals surface area (Å²) in [5, 5.41) is 4.02. The van der Waals surface area contributed by atoms with E-state index in [2.05, 4.69) is 20.0 Å². The average Bonchev–Trinajstić information content (AvgIpc) is 3.27. The zero-order chi connectivity index (χ0) is 20.1. The van der Waals surface area contributed by atoms with Crippen molar-refractivity contribution in [3.05, 3.63) is 54.6 Å². The Balaban J connectivity index is 1.29. The minimum absolute atomic E-state index is 0.104. The summed E-state index contributed by atoms with van der Waals surface area (Å²) in [6.45, 7) is 2.94. The first kappa shape index (κ1) is 18.9. The molecule has 1 aliphatic rings. The first-order chi connectivity index (χ1) is 14.2. The Bertz CT molecular complexity index is 952. The van der Waals surface area contributed by atoms with Crippen LogP contribution in [0.15, 0.2) is 53.2 Å². The van der Waals surface area contributed by atoms with Crippen LogP contribution in [0.25, 0.3) is 11.4 Å². The van der Waals surface area contributed by atoms with E-state index >= 15 is 0 Å². The molecule has 0 radical (unpaired) electrons. The fourth-order valence-corrected chi connectivity index (χ4v) is 3.33. The second-order valence-corrected chi connectivity index (χ2v) is 6.80. The maximum Gasteiger partial charge on any atom is 0.227 e. The molecule has 2 aromatic heterocycles. The molecule has 3 heterocycles. The van der Waals surface area contributed by atoms with Crippen LogP contribution < -0.4 is 9.64 Å². The normalized spacial score (nSPS) is 14.1. The van der Waals surface area contributed by atoms with Crippen LogP contribution in [0.4, 0.5) is 5.82 Å². The van der Waals surface area contributed by atoms with Crippen molar-refractivity contribution in [2.24, 2.45) is 0 Å². The van der Waals surface area contributed by atoms with E-state index < -0.39 is 0 Å². The Morgan fingerprint density at radius 3 is 2.76 bits per heavy atom. The summed E-state index contributed by atoms with van der Waals surface area (Å²) < 4.78 is 10.5. The van der Waals surface area contributed by atoms with Crippen molar-refractivity contribution < 1.29 is 14.1 Å². The molecule has 4 rings (SSSR count). The van der Waals surface area contributed by atoms with Gasteiger partial charge in [-0.2, -0.15) is 4.98 Å². The predicted molar refractivity (Wildman–Crippen MR) is 108 cm³/mol. The fraction of sp³-hybridized carbons (Fsp3) is 0.333. The molecule has 1 fully saturated rings. The van der Waals surface area contributed by atoms with Gasteiger partial charge in [-0.3, -0.25) is 4.79 Å². The van der Waals surface area contributed by atoms with Crippen molar-refractivity contribution in [3.8, 4) is 17.1 Å². The molecular weight excluding hydrogens is 370 g/mol. The maximum atomic E-state index is 12.6. The van der Waals surface area contributed by atoms with Crippen molar-refractivity contribution in [3.63, 3.8) is 0 Å². The maximum absolute atomic E-state index is 12.6. The van der Waals surface area contributed by atoms with Crippen LogP contribution in [0.1, 0.15) is 12.3 Å². The number of methoxy groups -OCH3 is 1. The third-order valence-corrected chi connectivity index (χ3v) is 4.95. The van der Waals surface area contributed by atoms with Gasteiger partial charge in [-0.15, -0.1) is 0 Å². The Hall–Kier alpha value is -3.42. The molecule has 3 aromatic rings. The number of hydrogen-bond acceptors (Lipinski definition) is 7. The SMILES string of the molecule is COc1cccc(-c2noc(CCC(=O)N3CCN(c4ccccn4)CC3)n2)c1. The molecule has 8 heteroatoms. The smallest absolute Gasteiger partial charge is 0.227 e. The van der Waals surface area contributed by atoms with Crippen LogP contribution in [0.3, 0.4) is 0 Å². The van der Waals surface area contributed by atoms with Crippen molar-refractivity contribution >= 4 is 11.7 Å². The first-order valence-electron chi connectivity index (χ1n) is 9.64. The Labute approximate surface area is 169 Å². The van der Waals surface area contributed by atoms with Crippen LogP contribution in [-0.4, -0.2) is 59.2 Å². The number of piperazine rings is 1. The summed E-state index contributed by atoms with van der Waals surface area (Å²) in [5.41, 5.74) is 0.816. The van der Waals surface area contributed by atoms with Gasteiger partial charge in [0.1, 0.15) is 11.6 Å². The lowest BCUT2D eigenvalue weighted by atomic mass is 10.2. The zero-order valence-electron chi connectivity index (χ0n) is 16.3. The zero-order valence-corrected chi connectivity index (χ0v) is 16.3. The second-order valence-electron chi connectivity index (χ2n) is 6.80. The molecule has 8 nitrogen and oxygen atoms in total. The monoisotopic (exact) mass is 393 g/mol. The molecule has 1 saturated heterocycles. The van der Waals surface area contributed by atoms with Crippen LogP contribution in [0.2, 0.25) is 0 Å². The highest BCUT2D eigenvalue weighted by Crippen LogP contribution is 2.21. The molecule has 1 aliphatic heterocycles.